The minimum atomic E-state index is -0.621. The summed E-state index contributed by atoms with van der Waals surface area (Å²) in [5.74, 6) is -0.610. The van der Waals surface area contributed by atoms with E-state index in [-0.39, 0.29) is 23.7 Å². The van der Waals surface area contributed by atoms with Crippen LogP contribution in [0.4, 0.5) is 4.39 Å². The summed E-state index contributed by atoms with van der Waals surface area (Å²) in [6.07, 6.45) is 0. The lowest BCUT2D eigenvalue weighted by Gasteiger charge is -2.10. The van der Waals surface area contributed by atoms with Crippen LogP contribution in [0.1, 0.15) is 21.8 Å². The fourth-order valence-electron chi connectivity index (χ4n) is 2.43. The lowest BCUT2D eigenvalue weighted by molar-refractivity contribution is 0.0942. The number of hydrogen-bond acceptors (Lipinski definition) is 3. The van der Waals surface area contributed by atoms with Crippen LogP contribution in [0.15, 0.2) is 42.5 Å². The van der Waals surface area contributed by atoms with Gasteiger partial charge in [0.2, 0.25) is 0 Å². The van der Waals surface area contributed by atoms with E-state index in [0.29, 0.717) is 5.75 Å². The molecule has 3 rings (SSSR count). The maximum Gasteiger partial charge on any atom is 0.176 e. The molecule has 4 heteroatoms. The molecule has 1 aliphatic heterocycles. The molecular weight excluding hydrogens is 259 g/mol. The molecule has 20 heavy (non-hydrogen) atoms. The predicted molar refractivity (Wildman–Crippen MR) is 72.0 cm³/mol. The molecule has 3 nitrogen and oxygen atoms in total. The van der Waals surface area contributed by atoms with Gasteiger partial charge in [0.15, 0.2) is 17.3 Å². The molecule has 0 spiro atoms. The summed E-state index contributed by atoms with van der Waals surface area (Å²) in [6, 6.07) is 11.9. The number of hydrogen-bond donors (Lipinski definition) is 0. The van der Waals surface area contributed by atoms with Gasteiger partial charge in [-0.15, -0.1) is 0 Å². The van der Waals surface area contributed by atoms with E-state index >= 15 is 0 Å². The minimum Gasteiger partial charge on any atom is -0.494 e. The average molecular weight is 272 g/mol. The molecule has 1 unspecified atom stereocenters. The number of carbonyl (C=O) groups is 1. The standard InChI is InChI=1S/C16H13FO3/c1-19-14-8-4-6-11(15(14)17)16(18)12-9-20-13-7-3-2-5-10(12)13/h2-8,12H,9H2,1H3. The number of fused-ring (bicyclic) bond motifs is 1. The topological polar surface area (TPSA) is 35.5 Å². The Labute approximate surface area is 115 Å². The number of halogens is 1. The fourth-order valence-corrected chi connectivity index (χ4v) is 2.43. The first-order valence-electron chi connectivity index (χ1n) is 6.31. The number of rotatable bonds is 3. The third kappa shape index (κ3) is 1.93. The zero-order valence-electron chi connectivity index (χ0n) is 10.9. The molecule has 0 amide bonds. The normalized spacial score (nSPS) is 16.4. The summed E-state index contributed by atoms with van der Waals surface area (Å²) in [7, 11) is 1.38. The van der Waals surface area contributed by atoms with Crippen LogP contribution in [-0.4, -0.2) is 19.5 Å². The highest BCUT2D eigenvalue weighted by Gasteiger charge is 2.32. The van der Waals surface area contributed by atoms with E-state index in [1.807, 2.05) is 24.3 Å². The number of Topliss-reactive ketones (excluding diaryl/α,β-unsaturated/α-hetero) is 1. The zero-order valence-corrected chi connectivity index (χ0v) is 10.9. The first-order chi connectivity index (χ1) is 9.72. The van der Waals surface area contributed by atoms with Crippen LogP contribution in [0.5, 0.6) is 11.5 Å². The van der Waals surface area contributed by atoms with Crippen molar-refractivity contribution in [3.63, 3.8) is 0 Å². The number of methoxy groups -OCH3 is 1. The molecule has 2 aromatic rings. The number of ether oxygens (including phenoxy) is 2. The second kappa shape index (κ2) is 4.96. The van der Waals surface area contributed by atoms with Crippen LogP contribution in [0.2, 0.25) is 0 Å². The van der Waals surface area contributed by atoms with Crippen molar-refractivity contribution in [2.45, 2.75) is 5.92 Å². The Morgan fingerprint density at radius 2 is 2.05 bits per heavy atom. The summed E-state index contributed by atoms with van der Waals surface area (Å²) in [6.45, 7) is 0.245. The summed E-state index contributed by atoms with van der Waals surface area (Å²) in [4.78, 5) is 12.5. The Morgan fingerprint density at radius 3 is 2.85 bits per heavy atom. The highest BCUT2D eigenvalue weighted by atomic mass is 19.1. The Balaban J connectivity index is 1.99. The van der Waals surface area contributed by atoms with Gasteiger partial charge in [-0.3, -0.25) is 4.79 Å². The Hall–Kier alpha value is -2.36. The average Bonchev–Trinajstić information content (AvgIpc) is 2.91. The van der Waals surface area contributed by atoms with Crippen LogP contribution in [0, 0.1) is 5.82 Å². The third-order valence-corrected chi connectivity index (χ3v) is 3.47. The van der Waals surface area contributed by atoms with Crippen molar-refractivity contribution in [2.75, 3.05) is 13.7 Å². The summed E-state index contributed by atoms with van der Waals surface area (Å²) < 4.78 is 24.6. The molecule has 1 heterocycles. The van der Waals surface area contributed by atoms with E-state index in [2.05, 4.69) is 0 Å². The Morgan fingerprint density at radius 1 is 1.25 bits per heavy atom. The molecule has 0 aromatic heterocycles. The van der Waals surface area contributed by atoms with Crippen molar-refractivity contribution in [3.8, 4) is 11.5 Å². The van der Waals surface area contributed by atoms with Crippen molar-refractivity contribution in [3.05, 3.63) is 59.4 Å². The summed E-state index contributed by atoms with van der Waals surface area (Å²) >= 11 is 0. The van der Waals surface area contributed by atoms with Gasteiger partial charge in [-0.25, -0.2) is 4.39 Å². The molecule has 0 radical (unpaired) electrons. The third-order valence-electron chi connectivity index (χ3n) is 3.47. The second-order valence-electron chi connectivity index (χ2n) is 4.59. The highest BCUT2D eigenvalue weighted by Crippen LogP contribution is 2.36. The Bertz CT molecular complexity index is 667. The molecule has 0 saturated heterocycles. The van der Waals surface area contributed by atoms with E-state index in [9.17, 15) is 9.18 Å². The number of benzene rings is 2. The van der Waals surface area contributed by atoms with E-state index in [1.54, 1.807) is 6.07 Å². The molecule has 1 atom stereocenters. The second-order valence-corrected chi connectivity index (χ2v) is 4.59. The largest absolute Gasteiger partial charge is 0.494 e. The maximum absolute atomic E-state index is 14.2. The number of para-hydroxylation sites is 1. The maximum atomic E-state index is 14.2. The van der Waals surface area contributed by atoms with Gasteiger partial charge in [-0.05, 0) is 18.2 Å². The molecule has 0 bridgehead atoms. The van der Waals surface area contributed by atoms with Gasteiger partial charge < -0.3 is 9.47 Å². The molecular formula is C16H13FO3. The van der Waals surface area contributed by atoms with E-state index in [0.717, 1.165) is 5.56 Å². The van der Waals surface area contributed by atoms with Crippen LogP contribution >= 0.6 is 0 Å². The van der Waals surface area contributed by atoms with Crippen molar-refractivity contribution in [2.24, 2.45) is 0 Å². The van der Waals surface area contributed by atoms with Gasteiger partial charge in [-0.2, -0.15) is 0 Å². The van der Waals surface area contributed by atoms with Crippen LogP contribution in [-0.2, 0) is 0 Å². The first kappa shape index (κ1) is 12.7. The smallest absolute Gasteiger partial charge is 0.176 e. The van der Waals surface area contributed by atoms with Crippen LogP contribution in [0.25, 0.3) is 0 Å². The molecule has 0 N–H and O–H groups in total. The van der Waals surface area contributed by atoms with Gasteiger partial charge in [0.25, 0.3) is 0 Å². The predicted octanol–water partition coefficient (Wildman–Crippen LogP) is 3.19. The van der Waals surface area contributed by atoms with Crippen molar-refractivity contribution < 1.29 is 18.7 Å². The highest BCUT2D eigenvalue weighted by molar-refractivity contribution is 6.02. The van der Waals surface area contributed by atoms with Gasteiger partial charge in [0, 0.05) is 5.56 Å². The van der Waals surface area contributed by atoms with E-state index in [1.165, 1.54) is 19.2 Å². The molecule has 0 aliphatic carbocycles. The van der Waals surface area contributed by atoms with E-state index < -0.39 is 11.7 Å². The van der Waals surface area contributed by atoms with Crippen molar-refractivity contribution in [1.82, 2.24) is 0 Å². The monoisotopic (exact) mass is 272 g/mol. The van der Waals surface area contributed by atoms with Gasteiger partial charge in [-0.1, -0.05) is 24.3 Å². The summed E-state index contributed by atoms with van der Waals surface area (Å²) in [5.41, 5.74) is 0.842. The summed E-state index contributed by atoms with van der Waals surface area (Å²) in [5, 5.41) is 0. The van der Waals surface area contributed by atoms with Gasteiger partial charge in [0.05, 0.1) is 18.6 Å². The molecule has 1 aliphatic rings. The van der Waals surface area contributed by atoms with Crippen molar-refractivity contribution >= 4 is 5.78 Å². The first-order valence-corrected chi connectivity index (χ1v) is 6.31. The zero-order chi connectivity index (χ0) is 14.1. The van der Waals surface area contributed by atoms with Crippen molar-refractivity contribution in [1.29, 1.82) is 0 Å². The van der Waals surface area contributed by atoms with E-state index in [4.69, 9.17) is 9.47 Å². The fraction of sp³-hybridized carbons (Fsp3) is 0.188. The van der Waals surface area contributed by atoms with Crippen LogP contribution in [0.3, 0.4) is 0 Å². The number of carbonyl (C=O) groups excluding carboxylic acids is 1. The lowest BCUT2D eigenvalue weighted by Crippen LogP contribution is -2.16. The molecule has 0 saturated carbocycles. The SMILES string of the molecule is COc1cccc(C(=O)C2COc3ccccc32)c1F. The Kier molecular flexibility index (Phi) is 3.14. The minimum absolute atomic E-state index is 0.0367. The molecule has 2 aromatic carbocycles. The quantitative estimate of drug-likeness (QED) is 0.805. The van der Waals surface area contributed by atoms with Gasteiger partial charge in [0.1, 0.15) is 12.4 Å². The lowest BCUT2D eigenvalue weighted by atomic mass is 9.92. The van der Waals surface area contributed by atoms with Gasteiger partial charge >= 0.3 is 0 Å². The number of ketones is 1. The van der Waals surface area contributed by atoms with Crippen LogP contribution < -0.4 is 9.47 Å². The molecule has 0 fully saturated rings. The molecule has 102 valence electrons.